The predicted octanol–water partition coefficient (Wildman–Crippen LogP) is 2.78. The lowest BCUT2D eigenvalue weighted by Gasteiger charge is -2.17. The van der Waals surface area contributed by atoms with Gasteiger partial charge in [-0.1, -0.05) is 17.7 Å². The molecule has 0 aliphatic heterocycles. The Morgan fingerprint density at radius 2 is 2.29 bits per heavy atom. The van der Waals surface area contributed by atoms with E-state index in [4.69, 9.17) is 11.6 Å². The first-order chi connectivity index (χ1) is 10.1. The second-order valence-electron chi connectivity index (χ2n) is 5.06. The predicted molar refractivity (Wildman–Crippen MR) is 80.7 cm³/mol. The molecule has 0 fully saturated rings. The molecule has 6 heteroatoms. The summed E-state index contributed by atoms with van der Waals surface area (Å²) in [5.74, 6) is -0.514. The van der Waals surface area contributed by atoms with Gasteiger partial charge in [-0.05, 0) is 37.1 Å². The minimum atomic E-state index is -0.760. The van der Waals surface area contributed by atoms with Crippen LogP contribution in [0.15, 0.2) is 36.7 Å². The molecule has 2 aromatic rings. The number of nitrogens with one attached hydrogen (secondary N) is 1. The molecule has 1 aromatic carbocycles. The highest BCUT2D eigenvalue weighted by Gasteiger charge is 2.11. The van der Waals surface area contributed by atoms with E-state index in [9.17, 15) is 9.50 Å². The molecule has 114 valence electrons. The number of aliphatic hydroxyl groups is 1. The number of nitrogens with zero attached hydrogens (tertiary/aromatic N) is 2. The van der Waals surface area contributed by atoms with Gasteiger partial charge in [0, 0.05) is 31.5 Å². The van der Waals surface area contributed by atoms with Gasteiger partial charge in [-0.2, -0.15) is 5.10 Å². The molecule has 1 aromatic heterocycles. The van der Waals surface area contributed by atoms with Crippen LogP contribution < -0.4 is 5.32 Å². The molecule has 1 heterocycles. The standard InChI is InChI=1S/C15H19ClFN3O/c1-11(5-8-20-7-2-6-19-20)18-10-15(21)12-3-4-13(16)14(17)9-12/h2-4,6-7,9,11,15,18,21H,5,8,10H2,1H3. The van der Waals surface area contributed by atoms with E-state index in [1.807, 2.05) is 23.9 Å². The second-order valence-corrected chi connectivity index (χ2v) is 5.46. The normalized spacial score (nSPS) is 14.1. The Labute approximate surface area is 128 Å². The lowest BCUT2D eigenvalue weighted by molar-refractivity contribution is 0.169. The van der Waals surface area contributed by atoms with E-state index < -0.39 is 11.9 Å². The van der Waals surface area contributed by atoms with Crippen molar-refractivity contribution in [3.63, 3.8) is 0 Å². The molecule has 2 atom stereocenters. The smallest absolute Gasteiger partial charge is 0.142 e. The Morgan fingerprint density at radius 1 is 1.48 bits per heavy atom. The second kappa shape index (κ2) is 7.54. The molecule has 21 heavy (non-hydrogen) atoms. The fourth-order valence-electron chi connectivity index (χ4n) is 2.01. The van der Waals surface area contributed by atoms with Crippen LogP contribution in [0, 0.1) is 5.82 Å². The molecule has 0 bridgehead atoms. The van der Waals surface area contributed by atoms with E-state index in [0.717, 1.165) is 13.0 Å². The zero-order valence-electron chi connectivity index (χ0n) is 11.8. The lowest BCUT2D eigenvalue weighted by Crippen LogP contribution is -2.31. The van der Waals surface area contributed by atoms with Gasteiger partial charge in [0.1, 0.15) is 5.82 Å². The van der Waals surface area contributed by atoms with E-state index >= 15 is 0 Å². The van der Waals surface area contributed by atoms with E-state index in [0.29, 0.717) is 12.1 Å². The van der Waals surface area contributed by atoms with Crippen LogP contribution in [0.4, 0.5) is 4.39 Å². The fourth-order valence-corrected chi connectivity index (χ4v) is 2.13. The van der Waals surface area contributed by atoms with Crippen molar-refractivity contribution in [1.82, 2.24) is 15.1 Å². The van der Waals surface area contributed by atoms with E-state index in [1.54, 1.807) is 12.3 Å². The van der Waals surface area contributed by atoms with Crippen LogP contribution in [-0.4, -0.2) is 27.5 Å². The van der Waals surface area contributed by atoms with Gasteiger partial charge < -0.3 is 10.4 Å². The monoisotopic (exact) mass is 311 g/mol. The first-order valence-corrected chi connectivity index (χ1v) is 7.28. The average molecular weight is 312 g/mol. The number of rotatable bonds is 7. The van der Waals surface area contributed by atoms with Crippen molar-refractivity contribution >= 4 is 11.6 Å². The van der Waals surface area contributed by atoms with Gasteiger partial charge in [0.25, 0.3) is 0 Å². The van der Waals surface area contributed by atoms with Crippen LogP contribution in [0.1, 0.15) is 25.0 Å². The first-order valence-electron chi connectivity index (χ1n) is 6.90. The molecule has 0 spiro atoms. The minimum absolute atomic E-state index is 0.0616. The highest BCUT2D eigenvalue weighted by molar-refractivity contribution is 6.30. The number of halogens is 2. The van der Waals surface area contributed by atoms with Crippen molar-refractivity contribution < 1.29 is 9.50 Å². The highest BCUT2D eigenvalue weighted by Crippen LogP contribution is 2.20. The molecular formula is C15H19ClFN3O. The lowest BCUT2D eigenvalue weighted by atomic mass is 10.1. The van der Waals surface area contributed by atoms with Gasteiger partial charge >= 0.3 is 0 Å². The molecule has 0 aliphatic carbocycles. The number of aromatic nitrogens is 2. The van der Waals surface area contributed by atoms with Crippen LogP contribution >= 0.6 is 11.6 Å². The number of hydrogen-bond donors (Lipinski definition) is 2. The van der Waals surface area contributed by atoms with Crippen LogP contribution in [0.2, 0.25) is 5.02 Å². The summed E-state index contributed by atoms with van der Waals surface area (Å²) in [4.78, 5) is 0. The summed E-state index contributed by atoms with van der Waals surface area (Å²) in [5, 5.41) is 17.5. The summed E-state index contributed by atoms with van der Waals surface area (Å²) in [6, 6.07) is 6.46. The first kappa shape index (κ1) is 15.9. The summed E-state index contributed by atoms with van der Waals surface area (Å²) in [5.41, 5.74) is 0.517. The van der Waals surface area contributed by atoms with Crippen molar-refractivity contribution in [3.8, 4) is 0 Å². The third kappa shape index (κ3) is 4.81. The maximum Gasteiger partial charge on any atom is 0.142 e. The van der Waals surface area contributed by atoms with Gasteiger partial charge in [-0.25, -0.2) is 4.39 Å². The summed E-state index contributed by atoms with van der Waals surface area (Å²) >= 11 is 5.62. The van der Waals surface area contributed by atoms with Crippen molar-refractivity contribution in [2.45, 2.75) is 32.0 Å². The van der Waals surface area contributed by atoms with Gasteiger partial charge in [0.15, 0.2) is 0 Å². The Bertz CT molecular complexity index is 562. The number of aryl methyl sites for hydroxylation is 1. The van der Waals surface area contributed by atoms with Crippen molar-refractivity contribution in [1.29, 1.82) is 0 Å². The summed E-state index contributed by atoms with van der Waals surface area (Å²) in [6.45, 7) is 3.22. The van der Waals surface area contributed by atoms with E-state index in [-0.39, 0.29) is 11.1 Å². The Kier molecular flexibility index (Phi) is 5.73. The van der Waals surface area contributed by atoms with Crippen LogP contribution in [0.5, 0.6) is 0 Å². The Balaban J connectivity index is 1.77. The van der Waals surface area contributed by atoms with Gasteiger partial charge in [0.05, 0.1) is 11.1 Å². The molecule has 2 rings (SSSR count). The van der Waals surface area contributed by atoms with Crippen molar-refractivity contribution in [2.75, 3.05) is 6.54 Å². The molecule has 0 aliphatic rings. The van der Waals surface area contributed by atoms with Crippen molar-refractivity contribution in [3.05, 3.63) is 53.1 Å². The SMILES string of the molecule is CC(CCn1cccn1)NCC(O)c1ccc(Cl)c(F)c1. The topological polar surface area (TPSA) is 50.1 Å². The molecule has 2 N–H and O–H groups in total. The molecule has 0 radical (unpaired) electrons. The molecule has 4 nitrogen and oxygen atoms in total. The van der Waals surface area contributed by atoms with Crippen LogP contribution in [0.25, 0.3) is 0 Å². The zero-order chi connectivity index (χ0) is 15.2. The summed E-state index contributed by atoms with van der Waals surface area (Å²) in [6.07, 6.45) is 3.79. The molecule has 0 saturated heterocycles. The maximum absolute atomic E-state index is 13.3. The third-order valence-corrected chi connectivity index (χ3v) is 3.65. The zero-order valence-corrected chi connectivity index (χ0v) is 12.6. The van der Waals surface area contributed by atoms with E-state index in [1.165, 1.54) is 12.1 Å². The molecule has 2 unspecified atom stereocenters. The number of aliphatic hydroxyl groups excluding tert-OH is 1. The highest BCUT2D eigenvalue weighted by atomic mass is 35.5. The minimum Gasteiger partial charge on any atom is -0.387 e. The Hall–Kier alpha value is -1.43. The van der Waals surface area contributed by atoms with E-state index in [2.05, 4.69) is 10.4 Å². The Morgan fingerprint density at radius 3 is 2.95 bits per heavy atom. The summed E-state index contributed by atoms with van der Waals surface area (Å²) < 4.78 is 15.2. The average Bonchev–Trinajstić information content (AvgIpc) is 2.98. The van der Waals surface area contributed by atoms with Crippen LogP contribution in [-0.2, 0) is 6.54 Å². The van der Waals surface area contributed by atoms with Crippen molar-refractivity contribution in [2.24, 2.45) is 0 Å². The fraction of sp³-hybridized carbons (Fsp3) is 0.400. The van der Waals surface area contributed by atoms with Gasteiger partial charge in [-0.3, -0.25) is 4.68 Å². The third-order valence-electron chi connectivity index (χ3n) is 3.34. The summed E-state index contributed by atoms with van der Waals surface area (Å²) in [7, 11) is 0. The molecule has 0 saturated carbocycles. The maximum atomic E-state index is 13.3. The molecular weight excluding hydrogens is 293 g/mol. The number of hydrogen-bond acceptors (Lipinski definition) is 3. The van der Waals surface area contributed by atoms with Gasteiger partial charge in [-0.15, -0.1) is 0 Å². The van der Waals surface area contributed by atoms with Crippen LogP contribution in [0.3, 0.4) is 0 Å². The number of benzene rings is 1. The largest absolute Gasteiger partial charge is 0.387 e. The van der Waals surface area contributed by atoms with Gasteiger partial charge in [0.2, 0.25) is 0 Å². The molecule has 0 amide bonds. The quantitative estimate of drug-likeness (QED) is 0.826.